The predicted molar refractivity (Wildman–Crippen MR) is 75.9 cm³/mol. The molecule has 3 heterocycles. The Morgan fingerprint density at radius 2 is 1.95 bits per heavy atom. The summed E-state index contributed by atoms with van der Waals surface area (Å²) in [5, 5.41) is 0. The highest BCUT2D eigenvalue weighted by Gasteiger charge is 2.39. The van der Waals surface area contributed by atoms with Crippen molar-refractivity contribution in [3.63, 3.8) is 0 Å². The van der Waals surface area contributed by atoms with Gasteiger partial charge in [0.25, 0.3) is 0 Å². The first-order valence-corrected chi connectivity index (χ1v) is 7.37. The molecular weight excluding hydrogens is 236 g/mol. The molecule has 1 aromatic rings. The average molecular weight is 260 g/mol. The van der Waals surface area contributed by atoms with E-state index in [0.717, 1.165) is 29.2 Å². The van der Waals surface area contributed by atoms with Crippen LogP contribution in [0.1, 0.15) is 61.6 Å². The third-order valence-electron chi connectivity index (χ3n) is 4.99. The zero-order valence-corrected chi connectivity index (χ0v) is 12.1. The fraction of sp³-hybridized carbons (Fsp3) is 0.733. The largest absolute Gasteiger partial charge is 0.324 e. The van der Waals surface area contributed by atoms with Crippen LogP contribution in [0.5, 0.6) is 0 Å². The third-order valence-corrected chi connectivity index (χ3v) is 4.99. The fourth-order valence-corrected chi connectivity index (χ4v) is 3.76. The van der Waals surface area contributed by atoms with Gasteiger partial charge >= 0.3 is 0 Å². The molecule has 2 aliphatic heterocycles. The van der Waals surface area contributed by atoms with Crippen LogP contribution in [0.3, 0.4) is 0 Å². The van der Waals surface area contributed by atoms with Gasteiger partial charge in [0.05, 0.1) is 0 Å². The molecule has 104 valence electrons. The van der Waals surface area contributed by atoms with Gasteiger partial charge < -0.3 is 10.6 Å². The van der Waals surface area contributed by atoms with Gasteiger partial charge in [0, 0.05) is 41.5 Å². The van der Waals surface area contributed by atoms with E-state index < -0.39 is 0 Å². The summed E-state index contributed by atoms with van der Waals surface area (Å²) in [6.45, 7) is 4.04. The molecule has 1 aromatic heterocycles. The molecule has 0 aromatic carbocycles. The van der Waals surface area contributed by atoms with E-state index in [1.165, 1.54) is 25.7 Å². The van der Waals surface area contributed by atoms with Crippen molar-refractivity contribution in [2.45, 2.75) is 63.6 Å². The van der Waals surface area contributed by atoms with Crippen molar-refractivity contribution in [3.8, 4) is 0 Å². The maximum atomic E-state index is 5.93. The highest BCUT2D eigenvalue weighted by Crippen LogP contribution is 2.41. The lowest BCUT2D eigenvalue weighted by Crippen LogP contribution is -2.39. The summed E-state index contributed by atoms with van der Waals surface area (Å²) in [7, 11) is 2.27. The summed E-state index contributed by atoms with van der Waals surface area (Å²) in [6.07, 6.45) is 7.04. The number of nitrogens with two attached hydrogens (primary N) is 1. The second kappa shape index (κ2) is 4.84. The van der Waals surface area contributed by atoms with Crippen molar-refractivity contribution in [1.29, 1.82) is 0 Å². The molecule has 2 fully saturated rings. The minimum Gasteiger partial charge on any atom is -0.324 e. The second-order valence-electron chi connectivity index (χ2n) is 6.28. The Balaban J connectivity index is 1.82. The Labute approximate surface area is 115 Å². The number of piperidine rings is 1. The molecule has 2 saturated heterocycles. The van der Waals surface area contributed by atoms with Crippen LogP contribution < -0.4 is 5.73 Å². The van der Waals surface area contributed by atoms with E-state index in [2.05, 4.69) is 16.9 Å². The first-order chi connectivity index (χ1) is 9.06. The standard InChI is InChI=1S/C15H24N4/c1-9(16)14-8-17-15(18-10(14)2)11-6-12-4-5-13(7-11)19(12)3/h8-9,11-13H,4-7,16H2,1-3H3/t9-,11?,12?,13?/m1/s1. The molecule has 2 unspecified atom stereocenters. The molecule has 3 atom stereocenters. The van der Waals surface area contributed by atoms with Crippen molar-refractivity contribution in [2.24, 2.45) is 5.73 Å². The van der Waals surface area contributed by atoms with Crippen LogP contribution in [0.2, 0.25) is 0 Å². The van der Waals surface area contributed by atoms with Gasteiger partial charge in [-0.3, -0.25) is 0 Å². The number of aryl methyl sites for hydroxylation is 1. The average Bonchev–Trinajstić information content (AvgIpc) is 2.61. The molecule has 0 spiro atoms. The van der Waals surface area contributed by atoms with E-state index in [1.54, 1.807) is 0 Å². The molecule has 4 nitrogen and oxygen atoms in total. The van der Waals surface area contributed by atoms with Crippen molar-refractivity contribution in [2.75, 3.05) is 7.05 Å². The summed E-state index contributed by atoms with van der Waals surface area (Å²) in [5.74, 6) is 1.57. The molecule has 4 heteroatoms. The predicted octanol–water partition coefficient (Wildman–Crippen LogP) is 2.14. The van der Waals surface area contributed by atoms with E-state index in [4.69, 9.17) is 10.7 Å². The molecule has 0 aliphatic carbocycles. The maximum absolute atomic E-state index is 5.93. The first-order valence-electron chi connectivity index (χ1n) is 7.37. The van der Waals surface area contributed by atoms with Crippen molar-refractivity contribution >= 4 is 0 Å². The number of fused-ring (bicyclic) bond motifs is 2. The Morgan fingerprint density at radius 1 is 1.32 bits per heavy atom. The second-order valence-corrected chi connectivity index (χ2v) is 6.28. The Kier molecular flexibility index (Phi) is 3.31. The minimum atomic E-state index is 0.0164. The maximum Gasteiger partial charge on any atom is 0.131 e. The topological polar surface area (TPSA) is 55.0 Å². The van der Waals surface area contributed by atoms with Crippen LogP contribution in [-0.2, 0) is 0 Å². The number of hydrogen-bond donors (Lipinski definition) is 1. The molecular formula is C15H24N4. The molecule has 2 aliphatic rings. The SMILES string of the molecule is Cc1nc(C2CC3CCC(C2)N3C)ncc1[C@@H](C)N. The van der Waals surface area contributed by atoms with E-state index in [1.807, 2.05) is 20.0 Å². The smallest absolute Gasteiger partial charge is 0.131 e. The number of hydrogen-bond acceptors (Lipinski definition) is 4. The Hall–Kier alpha value is -1.00. The first kappa shape index (κ1) is 13.0. The lowest BCUT2D eigenvalue weighted by molar-refractivity contribution is 0.158. The Morgan fingerprint density at radius 3 is 2.47 bits per heavy atom. The summed E-state index contributed by atoms with van der Waals surface area (Å²) >= 11 is 0. The van der Waals surface area contributed by atoms with Crippen LogP contribution >= 0.6 is 0 Å². The summed E-state index contributed by atoms with van der Waals surface area (Å²) in [4.78, 5) is 11.9. The van der Waals surface area contributed by atoms with E-state index >= 15 is 0 Å². The molecule has 0 radical (unpaired) electrons. The summed E-state index contributed by atoms with van der Waals surface area (Å²) < 4.78 is 0. The zero-order valence-electron chi connectivity index (χ0n) is 12.1. The highest BCUT2D eigenvalue weighted by molar-refractivity contribution is 5.21. The lowest BCUT2D eigenvalue weighted by atomic mass is 9.90. The van der Waals surface area contributed by atoms with Gasteiger partial charge in [-0.2, -0.15) is 0 Å². The lowest BCUT2D eigenvalue weighted by Gasteiger charge is -2.35. The van der Waals surface area contributed by atoms with Gasteiger partial charge in [-0.15, -0.1) is 0 Å². The van der Waals surface area contributed by atoms with Crippen molar-refractivity contribution < 1.29 is 0 Å². The molecule has 3 rings (SSSR count). The summed E-state index contributed by atoms with van der Waals surface area (Å²) in [6, 6.07) is 1.49. The number of nitrogens with zero attached hydrogens (tertiary/aromatic N) is 3. The van der Waals surface area contributed by atoms with Crippen LogP contribution in [0.4, 0.5) is 0 Å². The van der Waals surface area contributed by atoms with E-state index in [-0.39, 0.29) is 6.04 Å². The number of rotatable bonds is 2. The van der Waals surface area contributed by atoms with Gasteiger partial charge in [-0.1, -0.05) is 0 Å². The molecule has 19 heavy (non-hydrogen) atoms. The van der Waals surface area contributed by atoms with Crippen LogP contribution in [0.25, 0.3) is 0 Å². The van der Waals surface area contributed by atoms with Crippen LogP contribution in [-0.4, -0.2) is 34.0 Å². The third kappa shape index (κ3) is 2.28. The molecule has 0 saturated carbocycles. The van der Waals surface area contributed by atoms with E-state index in [9.17, 15) is 0 Å². The van der Waals surface area contributed by atoms with Gasteiger partial charge in [-0.05, 0) is 46.6 Å². The monoisotopic (exact) mass is 260 g/mol. The van der Waals surface area contributed by atoms with Gasteiger partial charge in [-0.25, -0.2) is 9.97 Å². The normalized spacial score (nSPS) is 32.5. The highest BCUT2D eigenvalue weighted by atomic mass is 15.2. The molecule has 0 amide bonds. The Bertz CT molecular complexity index is 457. The van der Waals surface area contributed by atoms with E-state index in [0.29, 0.717) is 5.92 Å². The van der Waals surface area contributed by atoms with Crippen molar-refractivity contribution in [3.05, 3.63) is 23.3 Å². The van der Waals surface area contributed by atoms with Crippen LogP contribution in [0.15, 0.2) is 6.20 Å². The quantitative estimate of drug-likeness (QED) is 0.885. The summed E-state index contributed by atoms with van der Waals surface area (Å²) in [5.41, 5.74) is 8.05. The fourth-order valence-electron chi connectivity index (χ4n) is 3.76. The zero-order chi connectivity index (χ0) is 13.6. The van der Waals surface area contributed by atoms with Gasteiger partial charge in [0.15, 0.2) is 0 Å². The molecule has 2 bridgehead atoms. The van der Waals surface area contributed by atoms with Gasteiger partial charge in [0.2, 0.25) is 0 Å². The molecule has 2 N–H and O–H groups in total. The van der Waals surface area contributed by atoms with Crippen LogP contribution in [0, 0.1) is 6.92 Å². The van der Waals surface area contributed by atoms with Gasteiger partial charge in [0.1, 0.15) is 5.82 Å². The minimum absolute atomic E-state index is 0.0164. The van der Waals surface area contributed by atoms with Crippen molar-refractivity contribution in [1.82, 2.24) is 14.9 Å². The number of aromatic nitrogens is 2.